The van der Waals surface area contributed by atoms with Crippen LogP contribution in [-0.4, -0.2) is 48.8 Å². The summed E-state index contributed by atoms with van der Waals surface area (Å²) in [5.74, 6) is 0.653. The van der Waals surface area contributed by atoms with E-state index >= 15 is 0 Å². The van der Waals surface area contributed by atoms with Crippen LogP contribution >= 0.6 is 0 Å². The quantitative estimate of drug-likeness (QED) is 0.189. The fourth-order valence-electron chi connectivity index (χ4n) is 7.48. The van der Waals surface area contributed by atoms with Gasteiger partial charge in [-0.3, -0.25) is 4.57 Å². The van der Waals surface area contributed by atoms with Gasteiger partial charge in [0.2, 0.25) is 0 Å². The van der Waals surface area contributed by atoms with E-state index in [1.54, 1.807) is 0 Å². The summed E-state index contributed by atoms with van der Waals surface area (Å²) in [6.07, 6.45) is 0. The minimum absolute atomic E-state index is 0.171. The van der Waals surface area contributed by atoms with Crippen molar-refractivity contribution in [3.63, 3.8) is 0 Å². The van der Waals surface area contributed by atoms with Crippen LogP contribution in [0.2, 0.25) is 0 Å². The first kappa shape index (κ1) is 30.4. The van der Waals surface area contributed by atoms with E-state index in [2.05, 4.69) is 115 Å². The van der Waals surface area contributed by atoms with E-state index in [4.69, 9.17) is 44.2 Å². The smallest absolute Gasteiger partial charge is 0.145 e. The standard InChI is InChI=1S/C43H23B5N2/c44-37-38(45)40(47)42(41(48)39(37)46)50-34-19-8-7-18-33(34)49-43(50)26-22-20-25(21-23-26)35-29-13-3-5-15-31(29)36(32-16-6-4-14-30(32)35)28-17-9-11-24-10-1-2-12-27(24)28/h1-23H. The molecule has 0 N–H and O–H groups in total. The second-order valence-electron chi connectivity index (χ2n) is 12.6. The summed E-state index contributed by atoms with van der Waals surface area (Å²) in [6, 6.07) is 48.8. The number of fused-ring (bicyclic) bond motifs is 4. The van der Waals surface area contributed by atoms with Crippen LogP contribution in [-0.2, 0) is 0 Å². The molecule has 0 saturated heterocycles. The Balaban J connectivity index is 1.27. The Hall–Kier alpha value is -5.67. The molecule has 7 heteroatoms. The van der Waals surface area contributed by atoms with Gasteiger partial charge < -0.3 is 0 Å². The molecule has 9 aromatic rings. The molecule has 1 aromatic heterocycles. The Morgan fingerprint density at radius 1 is 0.400 bits per heavy atom. The second kappa shape index (κ2) is 11.7. The van der Waals surface area contributed by atoms with Gasteiger partial charge in [0.1, 0.15) is 45.1 Å². The first-order chi connectivity index (χ1) is 24.4. The van der Waals surface area contributed by atoms with Crippen LogP contribution in [0.5, 0.6) is 0 Å². The number of hydrogen-bond acceptors (Lipinski definition) is 1. The Labute approximate surface area is 297 Å². The first-order valence-electron chi connectivity index (χ1n) is 16.4. The van der Waals surface area contributed by atoms with Crippen LogP contribution in [0.1, 0.15) is 0 Å². The third-order valence-corrected chi connectivity index (χ3v) is 9.88. The molecule has 50 heavy (non-hydrogen) atoms. The summed E-state index contributed by atoms with van der Waals surface area (Å²) in [6.45, 7) is 0. The minimum Gasteiger partial charge on any atom is -0.294 e. The van der Waals surface area contributed by atoms with E-state index in [-0.39, 0.29) is 27.3 Å². The topological polar surface area (TPSA) is 17.8 Å². The zero-order chi connectivity index (χ0) is 34.1. The lowest BCUT2D eigenvalue weighted by atomic mass is 9.61. The van der Waals surface area contributed by atoms with Gasteiger partial charge in [-0.25, -0.2) is 4.98 Å². The third-order valence-electron chi connectivity index (χ3n) is 9.88. The molecule has 0 atom stereocenters. The maximum absolute atomic E-state index is 6.58. The van der Waals surface area contributed by atoms with Gasteiger partial charge in [0.15, 0.2) is 0 Å². The average molecular weight is 622 g/mol. The molecule has 0 saturated carbocycles. The number of hydrogen-bond donors (Lipinski definition) is 0. The highest BCUT2D eigenvalue weighted by Crippen LogP contribution is 2.45. The first-order valence-corrected chi connectivity index (χ1v) is 16.4. The van der Waals surface area contributed by atoms with E-state index in [9.17, 15) is 0 Å². The molecule has 0 bridgehead atoms. The molecule has 10 radical (unpaired) electrons. The van der Waals surface area contributed by atoms with Crippen molar-refractivity contribution in [3.8, 4) is 39.3 Å². The molecule has 0 fully saturated rings. The van der Waals surface area contributed by atoms with Gasteiger partial charge in [-0.15, -0.1) is 16.4 Å². The average Bonchev–Trinajstić information content (AvgIpc) is 3.54. The largest absolute Gasteiger partial charge is 0.294 e. The van der Waals surface area contributed by atoms with Crippen molar-refractivity contribution in [3.05, 3.63) is 140 Å². The van der Waals surface area contributed by atoms with Gasteiger partial charge in [-0.05, 0) is 66.7 Å². The summed E-state index contributed by atoms with van der Waals surface area (Å²) in [5, 5.41) is 7.22. The Morgan fingerprint density at radius 2 is 0.880 bits per heavy atom. The molecule has 0 aliphatic heterocycles. The predicted octanol–water partition coefficient (Wildman–Crippen LogP) is 5.46. The van der Waals surface area contributed by atoms with Crippen molar-refractivity contribution >= 4 is 110 Å². The molecule has 9 rings (SSSR count). The maximum Gasteiger partial charge on any atom is 0.145 e. The zero-order valence-corrected chi connectivity index (χ0v) is 27.1. The molecule has 0 unspecified atom stereocenters. The van der Waals surface area contributed by atoms with Crippen molar-refractivity contribution in [2.75, 3.05) is 0 Å². The minimum atomic E-state index is 0.171. The summed E-state index contributed by atoms with van der Waals surface area (Å²) in [4.78, 5) is 5.03. The molecule has 0 spiro atoms. The van der Waals surface area contributed by atoms with Gasteiger partial charge in [0, 0.05) is 11.3 Å². The normalized spacial score (nSPS) is 11.6. The lowest BCUT2D eigenvalue weighted by Crippen LogP contribution is -2.56. The van der Waals surface area contributed by atoms with Gasteiger partial charge in [0.25, 0.3) is 0 Å². The van der Waals surface area contributed by atoms with Crippen molar-refractivity contribution < 1.29 is 0 Å². The number of aromatic nitrogens is 2. The van der Waals surface area contributed by atoms with E-state index in [1.165, 1.54) is 49.0 Å². The highest BCUT2D eigenvalue weighted by molar-refractivity contribution is 6.68. The lowest BCUT2D eigenvalue weighted by Gasteiger charge is -2.23. The van der Waals surface area contributed by atoms with E-state index in [0.29, 0.717) is 11.5 Å². The van der Waals surface area contributed by atoms with Crippen LogP contribution in [0.4, 0.5) is 0 Å². The highest BCUT2D eigenvalue weighted by Gasteiger charge is 2.21. The molecule has 220 valence electrons. The molecule has 2 nitrogen and oxygen atoms in total. The monoisotopic (exact) mass is 622 g/mol. The maximum atomic E-state index is 6.58. The molecular weight excluding hydrogens is 599 g/mol. The van der Waals surface area contributed by atoms with Crippen molar-refractivity contribution in [1.82, 2.24) is 9.55 Å². The fourth-order valence-corrected chi connectivity index (χ4v) is 7.48. The molecular formula is C43H23B5N2. The van der Waals surface area contributed by atoms with Gasteiger partial charge in [0.05, 0.1) is 11.0 Å². The summed E-state index contributed by atoms with van der Waals surface area (Å²) < 4.78 is 1.92. The van der Waals surface area contributed by atoms with Crippen LogP contribution < -0.4 is 27.3 Å². The number of nitrogens with zero attached hydrogens (tertiary/aromatic N) is 2. The fraction of sp³-hybridized carbons (Fsp3) is 0. The molecule has 8 aromatic carbocycles. The Bertz CT molecular complexity index is 2730. The predicted molar refractivity (Wildman–Crippen MR) is 217 cm³/mol. The summed E-state index contributed by atoms with van der Waals surface area (Å²) in [7, 11) is 32.0. The SMILES string of the molecule is [B]c1c([B])c([B])c(-n2c(-c3ccc(-c4c5ccccc5c(-c5cccc6ccccc56)c5ccccc45)cc3)nc3ccccc32)c([B])c1[B]. The van der Waals surface area contributed by atoms with Gasteiger partial charge >= 0.3 is 0 Å². The third kappa shape index (κ3) is 4.53. The molecule has 0 aliphatic carbocycles. The number of para-hydroxylation sites is 2. The summed E-state index contributed by atoms with van der Waals surface area (Å²) >= 11 is 0. The van der Waals surface area contributed by atoms with Crippen molar-refractivity contribution in [1.29, 1.82) is 0 Å². The second-order valence-corrected chi connectivity index (χ2v) is 12.6. The highest BCUT2D eigenvalue weighted by atomic mass is 15.1. The van der Waals surface area contributed by atoms with Crippen molar-refractivity contribution in [2.45, 2.75) is 0 Å². The van der Waals surface area contributed by atoms with E-state index in [0.717, 1.165) is 22.2 Å². The summed E-state index contributed by atoms with van der Waals surface area (Å²) in [5.41, 5.74) is 8.70. The number of benzene rings is 8. The van der Waals surface area contributed by atoms with Gasteiger partial charge in [-0.2, -0.15) is 0 Å². The number of rotatable bonds is 4. The Kier molecular flexibility index (Phi) is 7.14. The Morgan fingerprint density at radius 3 is 1.52 bits per heavy atom. The van der Waals surface area contributed by atoms with Crippen LogP contribution in [0.15, 0.2) is 140 Å². The zero-order valence-electron chi connectivity index (χ0n) is 27.1. The lowest BCUT2D eigenvalue weighted by molar-refractivity contribution is 1.12. The van der Waals surface area contributed by atoms with Crippen LogP contribution in [0.25, 0.3) is 82.7 Å². The van der Waals surface area contributed by atoms with Crippen molar-refractivity contribution in [2.24, 2.45) is 0 Å². The molecule has 0 aliphatic rings. The van der Waals surface area contributed by atoms with Crippen LogP contribution in [0, 0.1) is 0 Å². The number of imidazole rings is 1. The molecule has 1 heterocycles. The molecule has 0 amide bonds. The van der Waals surface area contributed by atoms with Gasteiger partial charge in [-0.1, -0.05) is 138 Å². The van der Waals surface area contributed by atoms with Crippen LogP contribution in [0.3, 0.4) is 0 Å². The van der Waals surface area contributed by atoms with E-state index < -0.39 is 0 Å². The van der Waals surface area contributed by atoms with E-state index in [1.807, 2.05) is 28.8 Å².